The van der Waals surface area contributed by atoms with Gasteiger partial charge in [0.1, 0.15) is 17.5 Å². The quantitative estimate of drug-likeness (QED) is 0.520. The summed E-state index contributed by atoms with van der Waals surface area (Å²) in [7, 11) is 0. The molecule has 166 valence electrons. The molecule has 2 N–H and O–H groups in total. The van der Waals surface area contributed by atoms with Gasteiger partial charge in [0.25, 0.3) is 0 Å². The van der Waals surface area contributed by atoms with Gasteiger partial charge >= 0.3 is 0 Å². The van der Waals surface area contributed by atoms with E-state index in [1.165, 1.54) is 0 Å². The van der Waals surface area contributed by atoms with Crippen LogP contribution in [0.1, 0.15) is 60.3 Å². The molecule has 0 bridgehead atoms. The normalized spacial score (nSPS) is 23.3. The van der Waals surface area contributed by atoms with Crippen molar-refractivity contribution in [3.63, 3.8) is 0 Å². The van der Waals surface area contributed by atoms with Crippen LogP contribution in [0, 0.1) is 0 Å². The third kappa shape index (κ3) is 2.93. The van der Waals surface area contributed by atoms with Gasteiger partial charge in [0.15, 0.2) is 5.78 Å². The molecule has 5 nitrogen and oxygen atoms in total. The van der Waals surface area contributed by atoms with Gasteiger partial charge in [0, 0.05) is 38.5 Å². The number of hydrogen-bond donors (Lipinski definition) is 2. The summed E-state index contributed by atoms with van der Waals surface area (Å²) in [6.45, 7) is 7.03. The molecule has 0 saturated carbocycles. The summed E-state index contributed by atoms with van der Waals surface area (Å²) >= 11 is 3.54. The summed E-state index contributed by atoms with van der Waals surface area (Å²) in [4.78, 5) is 17.1. The Labute approximate surface area is 196 Å². The Morgan fingerprint density at radius 2 is 1.94 bits per heavy atom. The number of hydrogen-bond acceptors (Lipinski definition) is 4. The molecule has 6 rings (SSSR count). The second-order valence-electron chi connectivity index (χ2n) is 9.78. The van der Waals surface area contributed by atoms with E-state index >= 15 is 0 Å². The van der Waals surface area contributed by atoms with E-state index in [0.29, 0.717) is 0 Å². The van der Waals surface area contributed by atoms with Gasteiger partial charge in [-0.25, -0.2) is 0 Å². The number of piperidine rings is 1. The van der Waals surface area contributed by atoms with Gasteiger partial charge in [-0.05, 0) is 61.8 Å². The van der Waals surface area contributed by atoms with E-state index in [1.54, 1.807) is 0 Å². The third-order valence-corrected chi connectivity index (χ3v) is 8.10. The number of benzene rings is 2. The van der Waals surface area contributed by atoms with Crippen LogP contribution in [-0.2, 0) is 10.2 Å². The molecule has 3 aromatic rings. The Morgan fingerprint density at radius 3 is 2.75 bits per heavy atom. The van der Waals surface area contributed by atoms with E-state index < -0.39 is 0 Å². The van der Waals surface area contributed by atoms with Crippen molar-refractivity contribution in [2.75, 3.05) is 19.7 Å². The van der Waals surface area contributed by atoms with Crippen LogP contribution < -0.4 is 10.1 Å². The minimum absolute atomic E-state index is 0.0473. The van der Waals surface area contributed by atoms with Crippen LogP contribution in [0.3, 0.4) is 0 Å². The highest BCUT2D eigenvalue weighted by Crippen LogP contribution is 2.45. The molecule has 6 heteroatoms. The highest BCUT2D eigenvalue weighted by molar-refractivity contribution is 9.10. The summed E-state index contributed by atoms with van der Waals surface area (Å²) in [5.41, 5.74) is 3.97. The highest BCUT2D eigenvalue weighted by Gasteiger charge is 2.47. The highest BCUT2D eigenvalue weighted by atomic mass is 79.9. The van der Waals surface area contributed by atoms with Crippen molar-refractivity contribution in [2.24, 2.45) is 0 Å². The van der Waals surface area contributed by atoms with Crippen LogP contribution in [0.5, 0.6) is 5.75 Å². The van der Waals surface area contributed by atoms with E-state index in [0.717, 1.165) is 82.5 Å². The van der Waals surface area contributed by atoms with Crippen LogP contribution >= 0.6 is 15.9 Å². The lowest BCUT2D eigenvalue weighted by atomic mass is 9.71. The minimum Gasteiger partial charge on any atom is -0.487 e. The second-order valence-corrected chi connectivity index (χ2v) is 10.7. The average molecular weight is 495 g/mol. The van der Waals surface area contributed by atoms with Gasteiger partial charge in [0.2, 0.25) is 0 Å². The van der Waals surface area contributed by atoms with Gasteiger partial charge in [0.05, 0.1) is 12.2 Å². The molecule has 2 saturated heterocycles. The first-order chi connectivity index (χ1) is 15.4. The van der Waals surface area contributed by atoms with Gasteiger partial charge < -0.3 is 19.8 Å². The fraction of sp³-hybridized carbons (Fsp3) is 0.423. The van der Waals surface area contributed by atoms with Crippen molar-refractivity contribution in [2.45, 2.75) is 50.2 Å². The molecule has 3 aliphatic rings. The predicted molar refractivity (Wildman–Crippen MR) is 128 cm³/mol. The maximum Gasteiger partial charge on any atom is 0.195 e. The zero-order chi connectivity index (χ0) is 22.1. The Bertz CT molecular complexity index is 1240. The molecule has 2 fully saturated rings. The summed E-state index contributed by atoms with van der Waals surface area (Å²) in [6.07, 6.45) is 2.90. The smallest absolute Gasteiger partial charge is 0.195 e. The van der Waals surface area contributed by atoms with Crippen LogP contribution in [0.25, 0.3) is 10.9 Å². The topological polar surface area (TPSA) is 63.4 Å². The number of aromatic nitrogens is 1. The largest absolute Gasteiger partial charge is 0.487 e. The predicted octanol–water partition coefficient (Wildman–Crippen LogP) is 5.09. The Hall–Kier alpha value is -2.15. The van der Waals surface area contributed by atoms with Crippen molar-refractivity contribution < 1.29 is 14.3 Å². The third-order valence-electron chi connectivity index (χ3n) is 7.61. The van der Waals surface area contributed by atoms with E-state index in [9.17, 15) is 4.79 Å². The molecular weight excluding hydrogens is 468 g/mol. The molecule has 2 aliphatic heterocycles. The van der Waals surface area contributed by atoms with E-state index in [-0.39, 0.29) is 22.9 Å². The fourth-order valence-electron chi connectivity index (χ4n) is 5.83. The zero-order valence-electron chi connectivity index (χ0n) is 18.4. The van der Waals surface area contributed by atoms with Gasteiger partial charge in [-0.3, -0.25) is 4.79 Å². The van der Waals surface area contributed by atoms with Crippen molar-refractivity contribution in [3.8, 4) is 5.75 Å². The summed E-state index contributed by atoms with van der Waals surface area (Å²) in [5, 5.41) is 4.40. The molecule has 1 spiro atoms. The van der Waals surface area contributed by atoms with Gasteiger partial charge in [-0.15, -0.1) is 0 Å². The lowest BCUT2D eigenvalue weighted by Gasteiger charge is -2.38. The molecule has 2 aromatic carbocycles. The van der Waals surface area contributed by atoms with Gasteiger partial charge in [-0.1, -0.05) is 35.8 Å². The maximum atomic E-state index is 13.6. The van der Waals surface area contributed by atoms with Crippen molar-refractivity contribution >= 4 is 32.6 Å². The van der Waals surface area contributed by atoms with E-state index in [1.807, 2.05) is 30.3 Å². The fourth-order valence-corrected chi connectivity index (χ4v) is 6.19. The van der Waals surface area contributed by atoms with Crippen molar-refractivity contribution in [1.29, 1.82) is 0 Å². The summed E-state index contributed by atoms with van der Waals surface area (Å²) < 4.78 is 13.7. The van der Waals surface area contributed by atoms with E-state index in [2.05, 4.69) is 46.1 Å². The molecular formula is C26H27BrN2O3. The SMILES string of the molecule is CC1(C)c2cc(OC3CCOC34CCNCC4)ccc2C(=O)c2c1[nH]c1cc(Br)ccc21. The zero-order valence-corrected chi connectivity index (χ0v) is 20.0. The first-order valence-electron chi connectivity index (χ1n) is 11.4. The van der Waals surface area contributed by atoms with Crippen LogP contribution in [-0.4, -0.2) is 42.2 Å². The average Bonchev–Trinajstić information content (AvgIpc) is 3.34. The first-order valence-corrected chi connectivity index (χ1v) is 12.2. The molecule has 0 radical (unpaired) electrons. The number of aromatic amines is 1. The molecule has 1 atom stereocenters. The van der Waals surface area contributed by atoms with Crippen molar-refractivity contribution in [3.05, 3.63) is 63.3 Å². The van der Waals surface area contributed by atoms with Crippen LogP contribution in [0.4, 0.5) is 0 Å². The Kier molecular flexibility index (Phi) is 4.59. The number of fused-ring (bicyclic) bond motifs is 4. The maximum absolute atomic E-state index is 13.6. The monoisotopic (exact) mass is 494 g/mol. The summed E-state index contributed by atoms with van der Waals surface area (Å²) in [6, 6.07) is 12.0. The number of rotatable bonds is 2. The number of nitrogens with one attached hydrogen (secondary N) is 2. The lowest BCUT2D eigenvalue weighted by Crippen LogP contribution is -2.50. The van der Waals surface area contributed by atoms with Gasteiger partial charge in [-0.2, -0.15) is 0 Å². The molecule has 0 amide bonds. The molecule has 1 aromatic heterocycles. The standard InChI is InChI=1S/C26H27BrN2O3/c1-25(2)19-14-16(32-21-7-12-31-26(21)8-10-28-11-9-26)4-6-17(19)23(30)22-18-5-3-15(27)13-20(18)29-24(22)25/h3-6,13-14,21,28-29H,7-12H2,1-2H3. The number of carbonyl (C=O) groups excluding carboxylic acids is 1. The number of carbonyl (C=O) groups is 1. The van der Waals surface area contributed by atoms with E-state index in [4.69, 9.17) is 9.47 Å². The summed E-state index contributed by atoms with van der Waals surface area (Å²) in [5.74, 6) is 0.897. The minimum atomic E-state index is -0.345. The van der Waals surface area contributed by atoms with Crippen LogP contribution in [0.2, 0.25) is 0 Å². The second kappa shape index (κ2) is 7.17. The van der Waals surface area contributed by atoms with Crippen molar-refractivity contribution in [1.82, 2.24) is 10.3 Å². The van der Waals surface area contributed by atoms with Crippen LogP contribution in [0.15, 0.2) is 40.9 Å². The number of ketones is 1. The number of halogens is 1. The molecule has 1 aliphatic carbocycles. The molecule has 3 heterocycles. The number of ether oxygens (including phenoxy) is 2. The number of H-pyrrole nitrogens is 1. The molecule has 1 unspecified atom stereocenters. The Morgan fingerprint density at radius 1 is 1.12 bits per heavy atom. The Balaban J connectivity index is 1.40. The lowest BCUT2D eigenvalue weighted by molar-refractivity contribution is -0.0682. The molecule has 32 heavy (non-hydrogen) atoms. The first kappa shape index (κ1) is 20.5.